The molecule has 0 unspecified atom stereocenters. The normalized spacial score (nSPS) is 16.9. The van der Waals surface area contributed by atoms with Crippen molar-refractivity contribution in [3.8, 4) is 11.3 Å². The Balaban J connectivity index is 0.00000180. The zero-order valence-corrected chi connectivity index (χ0v) is 22.8. The molecule has 1 aliphatic heterocycles. The first kappa shape index (κ1) is 28.4. The molecule has 196 valence electrons. The van der Waals surface area contributed by atoms with E-state index in [4.69, 9.17) is 5.10 Å². The number of benzene rings is 1. The van der Waals surface area contributed by atoms with Crippen molar-refractivity contribution >= 4 is 30.6 Å². The Kier molecular flexibility index (Phi) is 10.1. The molecule has 0 atom stereocenters. The summed E-state index contributed by atoms with van der Waals surface area (Å²) in [5.74, 6) is 1.42. The number of nitrogens with zero attached hydrogens (tertiary/aromatic N) is 6. The summed E-state index contributed by atoms with van der Waals surface area (Å²) < 4.78 is 15.7. The Bertz CT molecular complexity index is 1110. The summed E-state index contributed by atoms with van der Waals surface area (Å²) in [5, 5.41) is 4.92. The number of piperazine rings is 1. The van der Waals surface area contributed by atoms with Gasteiger partial charge in [0, 0.05) is 68.5 Å². The van der Waals surface area contributed by atoms with E-state index < -0.39 is 0 Å². The number of halogens is 3. The van der Waals surface area contributed by atoms with E-state index in [0.29, 0.717) is 0 Å². The second kappa shape index (κ2) is 12.8. The van der Waals surface area contributed by atoms with Gasteiger partial charge in [0.25, 0.3) is 0 Å². The average Bonchev–Trinajstić information content (AvgIpc) is 3.13. The Labute approximate surface area is 226 Å². The fourth-order valence-corrected chi connectivity index (χ4v) is 5.47. The van der Waals surface area contributed by atoms with Gasteiger partial charge in [-0.1, -0.05) is 19.3 Å². The topological polar surface area (TPSA) is 50.1 Å². The minimum Gasteiger partial charge on any atom is -0.352 e. The molecule has 1 aromatic carbocycles. The molecule has 0 amide bonds. The van der Waals surface area contributed by atoms with Crippen LogP contribution in [0.2, 0.25) is 0 Å². The van der Waals surface area contributed by atoms with Crippen LogP contribution in [0.15, 0.2) is 36.7 Å². The van der Waals surface area contributed by atoms with Crippen molar-refractivity contribution in [3.05, 3.63) is 59.4 Å². The van der Waals surface area contributed by atoms with E-state index in [1.54, 1.807) is 24.5 Å². The van der Waals surface area contributed by atoms with Gasteiger partial charge in [0.2, 0.25) is 0 Å². The zero-order valence-electron chi connectivity index (χ0n) is 21.2. The fraction of sp³-hybridized carbons (Fsp3) is 0.519. The second-order valence-electron chi connectivity index (χ2n) is 9.83. The molecule has 3 heterocycles. The van der Waals surface area contributed by atoms with Gasteiger partial charge in [0.05, 0.1) is 5.69 Å². The van der Waals surface area contributed by atoms with Crippen molar-refractivity contribution in [2.24, 2.45) is 5.92 Å². The first-order chi connectivity index (χ1) is 16.6. The number of rotatable bonds is 6. The van der Waals surface area contributed by atoms with Crippen molar-refractivity contribution in [2.75, 3.05) is 31.1 Å². The van der Waals surface area contributed by atoms with E-state index in [0.717, 1.165) is 62.3 Å². The van der Waals surface area contributed by atoms with Crippen LogP contribution in [0.4, 0.5) is 10.2 Å². The first-order valence-corrected chi connectivity index (χ1v) is 12.7. The Hall–Kier alpha value is -2.22. The second-order valence-corrected chi connectivity index (χ2v) is 9.83. The van der Waals surface area contributed by atoms with Gasteiger partial charge in [-0.3, -0.25) is 14.6 Å². The van der Waals surface area contributed by atoms with E-state index in [9.17, 15) is 4.39 Å². The lowest BCUT2D eigenvalue weighted by molar-refractivity contribution is 0.248. The molecular weight excluding hydrogens is 498 g/mol. The smallest absolute Gasteiger partial charge is 0.155 e. The standard InChI is InChI=1S/C27H35FN6.2ClH/c1-20-25(21(2)34(31-20)18-22-6-4-3-5-7-22)19-32-14-16-33(17-15-32)27-26(29-12-13-30-27)23-8-10-24(28)11-9-23;;/h8-13,22H,3-7,14-19H2,1-2H3;2*1H. The third kappa shape index (κ3) is 6.36. The van der Waals surface area contributed by atoms with Crippen LogP contribution in [0.1, 0.15) is 49.1 Å². The van der Waals surface area contributed by atoms with E-state index in [1.807, 2.05) is 0 Å². The zero-order chi connectivity index (χ0) is 23.5. The van der Waals surface area contributed by atoms with Crippen LogP contribution in [0, 0.1) is 25.6 Å². The summed E-state index contributed by atoms with van der Waals surface area (Å²) in [6, 6.07) is 6.50. The minimum absolute atomic E-state index is 0. The molecule has 3 aromatic rings. The summed E-state index contributed by atoms with van der Waals surface area (Å²) in [6.45, 7) is 10.1. The predicted octanol–water partition coefficient (Wildman–Crippen LogP) is 5.84. The molecule has 0 bridgehead atoms. The monoisotopic (exact) mass is 534 g/mol. The predicted molar refractivity (Wildman–Crippen MR) is 148 cm³/mol. The Morgan fingerprint density at radius 3 is 2.25 bits per heavy atom. The molecule has 9 heteroatoms. The Morgan fingerprint density at radius 1 is 0.889 bits per heavy atom. The van der Waals surface area contributed by atoms with Gasteiger partial charge in [-0.05, 0) is 56.9 Å². The van der Waals surface area contributed by atoms with E-state index in [2.05, 4.69) is 38.3 Å². The molecule has 6 nitrogen and oxygen atoms in total. The van der Waals surface area contributed by atoms with Crippen molar-refractivity contribution in [1.82, 2.24) is 24.6 Å². The fourth-order valence-electron chi connectivity index (χ4n) is 5.47. The molecule has 1 saturated heterocycles. The van der Waals surface area contributed by atoms with Crippen LogP contribution < -0.4 is 4.90 Å². The quantitative estimate of drug-likeness (QED) is 0.397. The molecule has 1 saturated carbocycles. The number of aryl methyl sites for hydroxylation is 1. The number of aromatic nitrogens is 4. The largest absolute Gasteiger partial charge is 0.352 e. The van der Waals surface area contributed by atoms with Gasteiger partial charge in [-0.2, -0.15) is 5.10 Å². The van der Waals surface area contributed by atoms with Crippen molar-refractivity contribution < 1.29 is 4.39 Å². The molecule has 0 radical (unpaired) electrons. The first-order valence-electron chi connectivity index (χ1n) is 12.7. The lowest BCUT2D eigenvalue weighted by atomic mass is 9.89. The van der Waals surface area contributed by atoms with Crippen molar-refractivity contribution in [2.45, 2.75) is 59.0 Å². The van der Waals surface area contributed by atoms with E-state index in [1.165, 1.54) is 61.2 Å². The van der Waals surface area contributed by atoms with Crippen LogP contribution >= 0.6 is 24.8 Å². The third-order valence-corrected chi connectivity index (χ3v) is 7.54. The van der Waals surface area contributed by atoms with Crippen molar-refractivity contribution in [1.29, 1.82) is 0 Å². The highest BCUT2D eigenvalue weighted by Crippen LogP contribution is 2.29. The summed E-state index contributed by atoms with van der Waals surface area (Å²) in [7, 11) is 0. The molecule has 0 N–H and O–H groups in total. The van der Waals surface area contributed by atoms with Gasteiger partial charge >= 0.3 is 0 Å². The van der Waals surface area contributed by atoms with Crippen LogP contribution in [0.5, 0.6) is 0 Å². The molecule has 2 fully saturated rings. The average molecular weight is 536 g/mol. The summed E-state index contributed by atoms with van der Waals surface area (Å²) >= 11 is 0. The number of hydrogen-bond donors (Lipinski definition) is 0. The molecule has 5 rings (SSSR count). The van der Waals surface area contributed by atoms with Crippen LogP contribution in [0.25, 0.3) is 11.3 Å². The number of hydrogen-bond acceptors (Lipinski definition) is 5. The lowest BCUT2D eigenvalue weighted by Crippen LogP contribution is -2.46. The van der Waals surface area contributed by atoms with Gasteiger partial charge in [0.1, 0.15) is 11.5 Å². The molecule has 2 aromatic heterocycles. The number of anilines is 1. The van der Waals surface area contributed by atoms with Crippen LogP contribution in [0.3, 0.4) is 0 Å². The van der Waals surface area contributed by atoms with Crippen molar-refractivity contribution in [3.63, 3.8) is 0 Å². The van der Waals surface area contributed by atoms with E-state index >= 15 is 0 Å². The molecule has 36 heavy (non-hydrogen) atoms. The molecule has 0 spiro atoms. The van der Waals surface area contributed by atoms with Gasteiger partial charge in [0.15, 0.2) is 5.82 Å². The van der Waals surface area contributed by atoms with Crippen LogP contribution in [-0.4, -0.2) is 50.8 Å². The maximum absolute atomic E-state index is 13.4. The Morgan fingerprint density at radius 2 is 1.56 bits per heavy atom. The summed E-state index contributed by atoms with van der Waals surface area (Å²) in [5.41, 5.74) is 5.59. The summed E-state index contributed by atoms with van der Waals surface area (Å²) in [6.07, 6.45) is 10.3. The summed E-state index contributed by atoms with van der Waals surface area (Å²) in [4.78, 5) is 14.0. The molecule has 1 aliphatic carbocycles. The SMILES string of the molecule is Cc1nn(CC2CCCCC2)c(C)c1CN1CCN(c2nccnc2-c2ccc(F)cc2)CC1.Cl.Cl. The van der Waals surface area contributed by atoms with Gasteiger partial charge in [-0.15, -0.1) is 24.8 Å². The molecule has 2 aliphatic rings. The maximum atomic E-state index is 13.4. The highest BCUT2D eigenvalue weighted by Gasteiger charge is 2.24. The lowest BCUT2D eigenvalue weighted by Gasteiger charge is -2.36. The highest BCUT2D eigenvalue weighted by molar-refractivity contribution is 5.85. The maximum Gasteiger partial charge on any atom is 0.155 e. The molecular formula is C27H37Cl2FN6. The minimum atomic E-state index is -0.240. The highest BCUT2D eigenvalue weighted by atomic mass is 35.5. The van der Waals surface area contributed by atoms with Crippen LogP contribution in [-0.2, 0) is 13.1 Å². The van der Waals surface area contributed by atoms with Gasteiger partial charge in [-0.25, -0.2) is 9.37 Å². The third-order valence-electron chi connectivity index (χ3n) is 7.54. The van der Waals surface area contributed by atoms with Gasteiger partial charge < -0.3 is 4.90 Å². The van der Waals surface area contributed by atoms with E-state index in [-0.39, 0.29) is 30.6 Å².